The zero-order valence-electron chi connectivity index (χ0n) is 20.7. The van der Waals surface area contributed by atoms with Crippen molar-refractivity contribution in [1.82, 2.24) is 0 Å². The quantitative estimate of drug-likeness (QED) is 0.231. The molecule has 0 fully saturated rings. The van der Waals surface area contributed by atoms with Crippen molar-refractivity contribution in [3.63, 3.8) is 0 Å². The van der Waals surface area contributed by atoms with E-state index in [0.717, 1.165) is 0 Å². The molecule has 0 spiro atoms. The van der Waals surface area contributed by atoms with E-state index < -0.39 is 0 Å². The SMILES string of the molecule is CC1=[C-]C(C)C(C)=C1C.Cc1cc(C)c(C)c(-c2c[cH-]c3ccccc23)c1.[CH3-].[CH3-].[Si]=[Zr]. The third-order valence-corrected chi connectivity index (χ3v) is 6.02. The zero-order valence-corrected chi connectivity index (χ0v) is 24.2. The summed E-state index contributed by atoms with van der Waals surface area (Å²) in [5.74, 6) is 0.560. The second kappa shape index (κ2) is 13.2. The molecule has 0 saturated heterocycles. The molecule has 0 heterocycles. The van der Waals surface area contributed by atoms with Crippen LogP contribution < -0.4 is 0 Å². The topological polar surface area (TPSA) is 0 Å². The number of benzene rings is 2. The number of hydrogen-bond acceptors (Lipinski definition) is 0. The number of hydrogen-bond donors (Lipinski definition) is 0. The Kier molecular flexibility index (Phi) is 12.7. The predicted octanol–water partition coefficient (Wildman–Crippen LogP) is 8.39. The van der Waals surface area contributed by atoms with Gasteiger partial charge in [-0.1, -0.05) is 61.6 Å². The van der Waals surface area contributed by atoms with Crippen LogP contribution in [0.15, 0.2) is 65.3 Å². The number of allylic oxidation sites excluding steroid dienone is 4. The second-order valence-corrected chi connectivity index (χ2v) is 7.89. The second-order valence-electron chi connectivity index (χ2n) is 7.89. The van der Waals surface area contributed by atoms with E-state index >= 15 is 0 Å². The van der Waals surface area contributed by atoms with Gasteiger partial charge in [0, 0.05) is 0 Å². The summed E-state index contributed by atoms with van der Waals surface area (Å²) >= 11 is 1.36. The molecule has 0 amide bonds. The van der Waals surface area contributed by atoms with Crippen LogP contribution in [0.1, 0.15) is 44.4 Å². The molecular weight excluding hydrogens is 468 g/mol. The van der Waals surface area contributed by atoms with Gasteiger partial charge < -0.3 is 14.9 Å². The van der Waals surface area contributed by atoms with E-state index in [4.69, 9.17) is 0 Å². The van der Waals surface area contributed by atoms with Crippen LogP contribution in [0.4, 0.5) is 0 Å². The van der Waals surface area contributed by atoms with E-state index in [1.54, 1.807) is 0 Å². The fourth-order valence-electron chi connectivity index (χ4n) is 3.87. The summed E-state index contributed by atoms with van der Waals surface area (Å²) in [6.45, 7) is 18.3. The number of fused-ring (bicyclic) bond motifs is 1. The van der Waals surface area contributed by atoms with E-state index in [9.17, 15) is 0 Å². The van der Waals surface area contributed by atoms with E-state index in [2.05, 4.69) is 110 Å². The molecule has 0 aliphatic heterocycles. The molecule has 0 nitrogen and oxygen atoms in total. The first kappa shape index (κ1) is 29.6. The standard InChI is InChI=1S/C18H17.C9H13.2CH3.Si.Zr/c1-12-10-13(2)14(3)18(11-12)17-9-8-15-6-4-5-7-16(15)17;1-6-5-7(2)9(4)8(6)3;;;;/h4-11H,1-3H3;6H,1-4H3;2*1H3;;/q4*-1;;. The first-order valence-electron chi connectivity index (χ1n) is 10.0. The summed E-state index contributed by atoms with van der Waals surface area (Å²) in [5.41, 5.74) is 11.1. The molecule has 31 heavy (non-hydrogen) atoms. The molecule has 1 aliphatic rings. The zero-order chi connectivity index (χ0) is 21.7. The minimum absolute atomic E-state index is 0. The average Bonchev–Trinajstić information content (AvgIpc) is 3.24. The molecule has 0 saturated carbocycles. The maximum atomic E-state index is 3.36. The van der Waals surface area contributed by atoms with Crippen molar-refractivity contribution in [1.29, 1.82) is 0 Å². The van der Waals surface area contributed by atoms with Gasteiger partial charge in [-0.2, -0.15) is 11.1 Å². The van der Waals surface area contributed by atoms with E-state index in [-0.39, 0.29) is 14.9 Å². The third-order valence-electron chi connectivity index (χ3n) is 6.02. The summed E-state index contributed by atoms with van der Waals surface area (Å²) in [7, 11) is 0. The van der Waals surface area contributed by atoms with Crippen molar-refractivity contribution >= 4 is 17.7 Å². The molecule has 3 aromatic carbocycles. The van der Waals surface area contributed by atoms with Gasteiger partial charge >= 0.3 is 30.2 Å². The summed E-state index contributed by atoms with van der Waals surface area (Å²) in [6, 6.07) is 17.6. The Hall–Kier alpha value is -1.37. The Morgan fingerprint density at radius 1 is 0.903 bits per heavy atom. The van der Waals surface area contributed by atoms with Gasteiger partial charge in [0.15, 0.2) is 0 Å². The molecule has 2 heteroatoms. The maximum absolute atomic E-state index is 3.36. The van der Waals surface area contributed by atoms with Crippen molar-refractivity contribution in [2.75, 3.05) is 0 Å². The van der Waals surface area contributed by atoms with Gasteiger partial charge in [-0.05, 0) is 26.3 Å². The third kappa shape index (κ3) is 6.80. The van der Waals surface area contributed by atoms with E-state index in [1.165, 1.54) is 78.6 Å². The Morgan fingerprint density at radius 2 is 1.52 bits per heavy atom. The van der Waals surface area contributed by atoms with E-state index in [1.807, 2.05) is 0 Å². The van der Waals surface area contributed by atoms with Crippen LogP contribution in [0, 0.1) is 47.6 Å². The van der Waals surface area contributed by atoms with Crippen molar-refractivity contribution in [3.8, 4) is 11.1 Å². The molecule has 0 N–H and O–H groups in total. The van der Waals surface area contributed by atoms with Gasteiger partial charge in [0.25, 0.3) is 0 Å². The molecule has 2 radical (unpaired) electrons. The Balaban J connectivity index is 0.000000595. The monoisotopic (exact) mass is 502 g/mol. The molecule has 3 aromatic rings. The summed E-state index contributed by atoms with van der Waals surface area (Å²) in [5, 5.41) is 2.68. The van der Waals surface area contributed by atoms with Crippen LogP contribution in [0.2, 0.25) is 0 Å². The number of rotatable bonds is 1. The Bertz CT molecular complexity index is 1070. The van der Waals surface area contributed by atoms with Crippen LogP contribution in [-0.2, 0) is 23.3 Å². The van der Waals surface area contributed by atoms with Gasteiger partial charge in [0.05, 0.1) is 0 Å². The number of aryl methyl sites for hydroxylation is 2. The van der Waals surface area contributed by atoms with Gasteiger partial charge in [-0.25, -0.2) is 5.57 Å². The molecule has 1 atom stereocenters. The Labute approximate surface area is 208 Å². The molecule has 4 rings (SSSR count). The van der Waals surface area contributed by atoms with Crippen LogP contribution in [0.3, 0.4) is 0 Å². The average molecular weight is 504 g/mol. The normalized spacial score (nSPS) is 14.4. The molecule has 1 aliphatic carbocycles. The predicted molar refractivity (Wildman–Crippen MR) is 138 cm³/mol. The fraction of sp³-hybridized carbons (Fsp3) is 0.276. The molecule has 0 aromatic heterocycles. The van der Waals surface area contributed by atoms with Crippen molar-refractivity contribution in [2.24, 2.45) is 5.92 Å². The van der Waals surface area contributed by atoms with Crippen molar-refractivity contribution in [3.05, 3.63) is 103 Å². The summed E-state index contributed by atoms with van der Waals surface area (Å²) < 4.78 is 0. The fourth-order valence-corrected chi connectivity index (χ4v) is 3.87. The van der Waals surface area contributed by atoms with Crippen LogP contribution in [-0.4, -0.2) is 6.88 Å². The molecule has 164 valence electrons. The first-order chi connectivity index (χ1) is 13.8. The Morgan fingerprint density at radius 3 is 2.03 bits per heavy atom. The molecular formula is C29H36SiZr-4. The van der Waals surface area contributed by atoms with Gasteiger partial charge in [0.2, 0.25) is 0 Å². The minimum atomic E-state index is 0. The summed E-state index contributed by atoms with van der Waals surface area (Å²) in [4.78, 5) is 0. The molecule has 0 bridgehead atoms. The van der Waals surface area contributed by atoms with Crippen molar-refractivity contribution < 1.29 is 23.3 Å². The van der Waals surface area contributed by atoms with Crippen molar-refractivity contribution in [2.45, 2.75) is 48.5 Å². The van der Waals surface area contributed by atoms with Crippen LogP contribution in [0.5, 0.6) is 0 Å². The van der Waals surface area contributed by atoms with Crippen LogP contribution >= 0.6 is 0 Å². The van der Waals surface area contributed by atoms with Crippen LogP contribution in [0.25, 0.3) is 21.9 Å². The summed E-state index contributed by atoms with van der Waals surface area (Å²) in [6.07, 6.45) is 3.36. The van der Waals surface area contributed by atoms with Gasteiger partial charge in [0.1, 0.15) is 0 Å². The van der Waals surface area contributed by atoms with Gasteiger partial charge in [-0.3, -0.25) is 6.08 Å². The van der Waals surface area contributed by atoms with E-state index in [0.29, 0.717) is 5.92 Å². The first-order valence-corrected chi connectivity index (χ1v) is 14.2. The molecule has 1 unspecified atom stereocenters. The van der Waals surface area contributed by atoms with Gasteiger partial charge in [-0.15, -0.1) is 53.6 Å².